The van der Waals surface area contributed by atoms with Gasteiger partial charge in [0.1, 0.15) is 6.10 Å². The molecule has 1 aromatic carbocycles. The lowest BCUT2D eigenvalue weighted by Gasteiger charge is -2.13. The second-order valence-electron chi connectivity index (χ2n) is 5.83. The quantitative estimate of drug-likeness (QED) is 0.621. The molecule has 0 amide bonds. The number of aryl methyl sites for hydroxylation is 1. The molecule has 2 aromatic rings. The summed E-state index contributed by atoms with van der Waals surface area (Å²) >= 11 is 6.14. The lowest BCUT2D eigenvalue weighted by atomic mass is 10.1. The number of nitrogens with one attached hydrogen (secondary N) is 1. The topological polar surface area (TPSA) is 86.5 Å². The summed E-state index contributed by atoms with van der Waals surface area (Å²) in [7, 11) is 0. The second kappa shape index (κ2) is 7.67. The van der Waals surface area contributed by atoms with Crippen molar-refractivity contribution in [2.45, 2.75) is 26.0 Å². The van der Waals surface area contributed by atoms with Gasteiger partial charge in [0.25, 0.3) is 5.69 Å². The molecule has 1 saturated heterocycles. The number of aromatic nitrogens is 1. The highest BCUT2D eigenvalue weighted by molar-refractivity contribution is 6.33. The maximum Gasteiger partial charge on any atom is 0.273 e. The van der Waals surface area contributed by atoms with Gasteiger partial charge in [-0.15, -0.1) is 0 Å². The molecule has 7 nitrogen and oxygen atoms in total. The lowest BCUT2D eigenvalue weighted by molar-refractivity contribution is -0.385. The summed E-state index contributed by atoms with van der Waals surface area (Å²) < 4.78 is 11.1. The van der Waals surface area contributed by atoms with Crippen molar-refractivity contribution in [3.63, 3.8) is 0 Å². The van der Waals surface area contributed by atoms with E-state index in [1.165, 1.54) is 6.07 Å². The monoisotopic (exact) mass is 363 g/mol. The van der Waals surface area contributed by atoms with Crippen LogP contribution in [0.5, 0.6) is 5.88 Å². The van der Waals surface area contributed by atoms with Gasteiger partial charge < -0.3 is 14.8 Å². The number of nitro groups is 1. The minimum atomic E-state index is -0.440. The summed E-state index contributed by atoms with van der Waals surface area (Å²) in [6, 6.07) is 6.77. The van der Waals surface area contributed by atoms with Crippen molar-refractivity contribution < 1.29 is 14.4 Å². The first-order valence-corrected chi connectivity index (χ1v) is 8.28. The number of benzene rings is 1. The van der Waals surface area contributed by atoms with Gasteiger partial charge in [-0.2, -0.15) is 0 Å². The predicted molar refractivity (Wildman–Crippen MR) is 94.3 cm³/mol. The average Bonchev–Trinajstić information content (AvgIpc) is 3.08. The highest BCUT2D eigenvalue weighted by Crippen LogP contribution is 2.30. The van der Waals surface area contributed by atoms with E-state index in [4.69, 9.17) is 21.1 Å². The molecule has 1 unspecified atom stereocenters. The van der Waals surface area contributed by atoms with Crippen LogP contribution in [0, 0.1) is 17.0 Å². The van der Waals surface area contributed by atoms with Crippen LogP contribution in [0.3, 0.4) is 0 Å². The van der Waals surface area contributed by atoms with Crippen LogP contribution in [0.15, 0.2) is 30.5 Å². The summed E-state index contributed by atoms with van der Waals surface area (Å²) in [5.74, 6) is 0.556. The van der Waals surface area contributed by atoms with Crippen LogP contribution in [0.4, 0.5) is 11.4 Å². The van der Waals surface area contributed by atoms with E-state index in [1.54, 1.807) is 19.2 Å². The van der Waals surface area contributed by atoms with Gasteiger partial charge in [-0.25, -0.2) is 4.98 Å². The van der Waals surface area contributed by atoms with E-state index >= 15 is 0 Å². The minimum absolute atomic E-state index is 0.00827. The molecule has 1 atom stereocenters. The van der Waals surface area contributed by atoms with Crippen molar-refractivity contribution in [3.8, 4) is 5.88 Å². The number of nitrogens with zero attached hydrogens (tertiary/aromatic N) is 2. The Morgan fingerprint density at radius 2 is 2.32 bits per heavy atom. The molecule has 1 aliphatic rings. The summed E-state index contributed by atoms with van der Waals surface area (Å²) in [6.07, 6.45) is 2.59. The molecule has 1 aromatic heterocycles. The Labute approximate surface area is 150 Å². The number of rotatable bonds is 6. The molecule has 0 spiro atoms. The van der Waals surface area contributed by atoms with Crippen LogP contribution in [0.25, 0.3) is 0 Å². The summed E-state index contributed by atoms with van der Waals surface area (Å²) in [4.78, 5) is 14.7. The molecular formula is C17H18ClN3O4. The van der Waals surface area contributed by atoms with Crippen molar-refractivity contribution in [1.29, 1.82) is 0 Å². The normalized spacial score (nSPS) is 16.6. The first kappa shape index (κ1) is 17.4. The average molecular weight is 364 g/mol. The van der Waals surface area contributed by atoms with Crippen molar-refractivity contribution in [2.24, 2.45) is 0 Å². The van der Waals surface area contributed by atoms with E-state index < -0.39 is 4.92 Å². The first-order chi connectivity index (χ1) is 12.0. The molecule has 1 aliphatic heterocycles. The second-order valence-corrected chi connectivity index (χ2v) is 6.24. The van der Waals surface area contributed by atoms with E-state index in [-0.39, 0.29) is 11.8 Å². The lowest BCUT2D eigenvalue weighted by Crippen LogP contribution is -2.16. The summed E-state index contributed by atoms with van der Waals surface area (Å²) in [5, 5.41) is 14.4. The molecule has 2 heterocycles. The molecule has 8 heteroatoms. The Kier molecular flexibility index (Phi) is 5.35. The maximum atomic E-state index is 10.9. The Hall–Kier alpha value is -2.38. The number of hydrogen-bond donors (Lipinski definition) is 1. The first-order valence-electron chi connectivity index (χ1n) is 7.90. The number of ether oxygens (including phenoxy) is 2. The number of hydrogen-bond acceptors (Lipinski definition) is 6. The number of pyridine rings is 1. The molecule has 1 fully saturated rings. The standard InChI is InChI=1S/C17H18ClN3O4/c1-11-6-15(14(18)8-16(11)21(22)23)20-9-12-2-4-19-17(7-12)25-13-3-5-24-10-13/h2,4,6-8,13,20H,3,5,9-10H2,1H3. The molecule has 1 N–H and O–H groups in total. The zero-order chi connectivity index (χ0) is 17.8. The Morgan fingerprint density at radius 1 is 1.48 bits per heavy atom. The van der Waals surface area contributed by atoms with E-state index in [0.29, 0.717) is 41.9 Å². The number of nitro benzene ring substituents is 1. The van der Waals surface area contributed by atoms with E-state index in [1.807, 2.05) is 12.1 Å². The zero-order valence-corrected chi connectivity index (χ0v) is 14.5. The fraction of sp³-hybridized carbons (Fsp3) is 0.353. The van der Waals surface area contributed by atoms with Gasteiger partial charge in [-0.05, 0) is 24.6 Å². The van der Waals surface area contributed by atoms with Crippen molar-refractivity contribution >= 4 is 23.0 Å². The molecule has 0 aliphatic carbocycles. The minimum Gasteiger partial charge on any atom is -0.472 e. The number of anilines is 1. The molecule has 0 saturated carbocycles. The smallest absolute Gasteiger partial charge is 0.273 e. The maximum absolute atomic E-state index is 10.9. The van der Waals surface area contributed by atoms with Crippen LogP contribution in [-0.2, 0) is 11.3 Å². The van der Waals surface area contributed by atoms with Crippen LogP contribution >= 0.6 is 11.6 Å². The zero-order valence-electron chi connectivity index (χ0n) is 13.7. The van der Waals surface area contributed by atoms with Gasteiger partial charge in [-0.3, -0.25) is 10.1 Å². The van der Waals surface area contributed by atoms with Gasteiger partial charge in [0.15, 0.2) is 0 Å². The molecule has 132 valence electrons. The molecule has 3 rings (SSSR count). The largest absolute Gasteiger partial charge is 0.472 e. The van der Waals surface area contributed by atoms with Gasteiger partial charge in [0.05, 0.1) is 28.8 Å². The van der Waals surface area contributed by atoms with Crippen molar-refractivity contribution in [2.75, 3.05) is 18.5 Å². The summed E-state index contributed by atoms with van der Waals surface area (Å²) in [5.41, 5.74) is 2.18. The van der Waals surface area contributed by atoms with Crippen LogP contribution in [0.1, 0.15) is 17.5 Å². The summed E-state index contributed by atoms with van der Waals surface area (Å²) in [6.45, 7) is 3.48. The predicted octanol–water partition coefficient (Wildman–Crippen LogP) is 3.73. The van der Waals surface area contributed by atoms with Crippen molar-refractivity contribution in [3.05, 3.63) is 56.7 Å². The third kappa shape index (κ3) is 4.37. The fourth-order valence-corrected chi connectivity index (χ4v) is 2.83. The highest BCUT2D eigenvalue weighted by Gasteiger charge is 2.18. The number of halogens is 1. The van der Waals surface area contributed by atoms with Crippen molar-refractivity contribution in [1.82, 2.24) is 4.98 Å². The van der Waals surface area contributed by atoms with E-state index in [2.05, 4.69) is 10.3 Å². The third-order valence-electron chi connectivity index (χ3n) is 3.94. The molecule has 0 radical (unpaired) electrons. The molecular weight excluding hydrogens is 346 g/mol. The highest BCUT2D eigenvalue weighted by atomic mass is 35.5. The Bertz CT molecular complexity index is 778. The SMILES string of the molecule is Cc1cc(NCc2ccnc(OC3CCOC3)c2)c(Cl)cc1[N+](=O)[O-]. The van der Waals surface area contributed by atoms with Gasteiger partial charge >= 0.3 is 0 Å². The Balaban J connectivity index is 1.67. The van der Waals surface area contributed by atoms with Gasteiger partial charge in [0, 0.05) is 36.9 Å². The molecule has 0 bridgehead atoms. The van der Waals surface area contributed by atoms with E-state index in [0.717, 1.165) is 12.0 Å². The van der Waals surface area contributed by atoms with E-state index in [9.17, 15) is 10.1 Å². The van der Waals surface area contributed by atoms with Crippen LogP contribution < -0.4 is 10.1 Å². The Morgan fingerprint density at radius 3 is 3.04 bits per heavy atom. The van der Waals surface area contributed by atoms with Crippen LogP contribution in [-0.4, -0.2) is 29.2 Å². The third-order valence-corrected chi connectivity index (χ3v) is 4.25. The van der Waals surface area contributed by atoms with Crippen LogP contribution in [0.2, 0.25) is 5.02 Å². The molecule has 25 heavy (non-hydrogen) atoms. The fourth-order valence-electron chi connectivity index (χ4n) is 2.60. The van der Waals surface area contributed by atoms with Gasteiger partial charge in [-0.1, -0.05) is 11.6 Å². The van der Waals surface area contributed by atoms with Gasteiger partial charge in [0.2, 0.25) is 5.88 Å².